The predicted octanol–water partition coefficient (Wildman–Crippen LogP) is 2.46. The molecule has 3 rings (SSSR count). The number of anilines is 1. The number of benzene rings is 1. The molecule has 2 aromatic rings. The van der Waals surface area contributed by atoms with Gasteiger partial charge in [-0.2, -0.15) is 13.7 Å². The zero-order chi connectivity index (χ0) is 17.2. The van der Waals surface area contributed by atoms with Crippen molar-refractivity contribution < 1.29 is 8.42 Å². The molecule has 2 heterocycles. The van der Waals surface area contributed by atoms with Crippen LogP contribution < -0.4 is 4.90 Å². The van der Waals surface area contributed by atoms with E-state index in [0.29, 0.717) is 6.54 Å². The summed E-state index contributed by atoms with van der Waals surface area (Å²) < 4.78 is 29.8. The average molecular weight is 367 g/mol. The van der Waals surface area contributed by atoms with E-state index in [1.165, 1.54) is 17.8 Å². The van der Waals surface area contributed by atoms with Gasteiger partial charge in [0.15, 0.2) is 5.82 Å². The second kappa shape index (κ2) is 7.16. The summed E-state index contributed by atoms with van der Waals surface area (Å²) in [5, 5.41) is 0.912. The third kappa shape index (κ3) is 3.76. The minimum Gasteiger partial charge on any atom is -0.347 e. The van der Waals surface area contributed by atoms with Crippen molar-refractivity contribution >= 4 is 26.7 Å². The van der Waals surface area contributed by atoms with Crippen molar-refractivity contribution in [3.63, 3.8) is 0 Å². The number of aromatic nitrogens is 2. The quantitative estimate of drug-likeness (QED) is 0.813. The highest BCUT2D eigenvalue weighted by molar-refractivity contribution is 7.88. The van der Waals surface area contributed by atoms with Crippen LogP contribution in [0.15, 0.2) is 30.3 Å². The van der Waals surface area contributed by atoms with Crippen molar-refractivity contribution in [2.75, 3.05) is 30.8 Å². The Kier molecular flexibility index (Phi) is 5.17. The Morgan fingerprint density at radius 1 is 1.25 bits per heavy atom. The Bertz CT molecular complexity index is 768. The Balaban J connectivity index is 1.66. The smallest absolute Gasteiger partial charge is 0.211 e. The summed E-state index contributed by atoms with van der Waals surface area (Å²) >= 11 is 1.40. The summed E-state index contributed by atoms with van der Waals surface area (Å²) in [6.07, 6.45) is 2.93. The van der Waals surface area contributed by atoms with E-state index in [4.69, 9.17) is 0 Å². The van der Waals surface area contributed by atoms with E-state index in [0.717, 1.165) is 42.5 Å². The molecule has 8 heteroatoms. The zero-order valence-electron chi connectivity index (χ0n) is 13.9. The fraction of sp³-hybridized carbons (Fsp3) is 0.500. The summed E-state index contributed by atoms with van der Waals surface area (Å²) in [5.74, 6) is 0.754. The number of nitrogens with zero attached hydrogens (tertiary/aromatic N) is 4. The average Bonchev–Trinajstić information content (AvgIpc) is 3.06. The maximum Gasteiger partial charge on any atom is 0.211 e. The van der Waals surface area contributed by atoms with Gasteiger partial charge in [0.05, 0.1) is 6.26 Å². The van der Waals surface area contributed by atoms with Crippen LogP contribution in [0.1, 0.15) is 19.8 Å². The normalized spacial score (nSPS) is 16.7. The van der Waals surface area contributed by atoms with Crippen LogP contribution in [0.25, 0.3) is 11.4 Å². The molecular weight excluding hydrogens is 344 g/mol. The van der Waals surface area contributed by atoms with Crippen LogP contribution in [-0.2, 0) is 10.0 Å². The molecule has 0 saturated carbocycles. The molecule has 1 aromatic carbocycles. The highest BCUT2D eigenvalue weighted by Gasteiger charge is 2.30. The molecule has 0 N–H and O–H groups in total. The number of piperidine rings is 1. The van der Waals surface area contributed by atoms with Gasteiger partial charge in [-0.05, 0) is 12.8 Å². The lowest BCUT2D eigenvalue weighted by molar-refractivity contribution is 0.285. The van der Waals surface area contributed by atoms with Crippen molar-refractivity contribution in [1.29, 1.82) is 0 Å². The van der Waals surface area contributed by atoms with Gasteiger partial charge in [0.25, 0.3) is 0 Å². The molecule has 1 aliphatic rings. The van der Waals surface area contributed by atoms with Crippen molar-refractivity contribution in [2.24, 2.45) is 0 Å². The molecule has 130 valence electrons. The lowest BCUT2D eigenvalue weighted by Gasteiger charge is -2.36. The Hall–Kier alpha value is -1.51. The zero-order valence-corrected chi connectivity index (χ0v) is 15.6. The van der Waals surface area contributed by atoms with Crippen molar-refractivity contribution in [3.05, 3.63) is 30.3 Å². The van der Waals surface area contributed by atoms with E-state index in [9.17, 15) is 8.42 Å². The molecule has 0 radical (unpaired) electrons. The SMILES string of the molecule is CCN(C1CCN(c2nc(-c3ccccc3)ns2)CC1)S(C)(=O)=O. The minimum atomic E-state index is -3.14. The first-order chi connectivity index (χ1) is 11.5. The third-order valence-corrected chi connectivity index (χ3v) is 6.51. The van der Waals surface area contributed by atoms with Gasteiger partial charge in [0.1, 0.15) is 0 Å². The van der Waals surface area contributed by atoms with Crippen molar-refractivity contribution in [3.8, 4) is 11.4 Å². The van der Waals surface area contributed by atoms with Crippen molar-refractivity contribution in [1.82, 2.24) is 13.7 Å². The van der Waals surface area contributed by atoms with Crippen LogP contribution in [0.5, 0.6) is 0 Å². The van der Waals surface area contributed by atoms with Crippen LogP contribution in [0.2, 0.25) is 0 Å². The van der Waals surface area contributed by atoms with Gasteiger partial charge in [-0.25, -0.2) is 8.42 Å². The van der Waals surface area contributed by atoms with E-state index >= 15 is 0 Å². The molecule has 0 spiro atoms. The Labute approximate surface area is 147 Å². The molecule has 0 amide bonds. The summed E-state index contributed by atoms with van der Waals surface area (Å²) in [7, 11) is -3.14. The summed E-state index contributed by atoms with van der Waals surface area (Å²) in [5.41, 5.74) is 1.02. The molecular formula is C16H22N4O2S2. The second-order valence-corrected chi connectivity index (χ2v) is 8.62. The van der Waals surface area contributed by atoms with E-state index in [1.807, 2.05) is 37.3 Å². The predicted molar refractivity (Wildman–Crippen MR) is 97.8 cm³/mol. The van der Waals surface area contributed by atoms with Crippen LogP contribution in [0, 0.1) is 0 Å². The van der Waals surface area contributed by atoms with Crippen LogP contribution in [0.4, 0.5) is 5.13 Å². The van der Waals surface area contributed by atoms with E-state index in [-0.39, 0.29) is 6.04 Å². The fourth-order valence-electron chi connectivity index (χ4n) is 3.16. The van der Waals surface area contributed by atoms with Gasteiger partial charge in [0.2, 0.25) is 15.2 Å². The Morgan fingerprint density at radius 3 is 2.50 bits per heavy atom. The van der Waals surface area contributed by atoms with Crippen LogP contribution in [-0.4, -0.2) is 54.0 Å². The standard InChI is InChI=1S/C16H22N4O2S2/c1-3-20(24(2,21)22)14-9-11-19(12-10-14)16-17-15(18-23-16)13-7-5-4-6-8-13/h4-8,14H,3,9-12H2,1-2H3. The highest BCUT2D eigenvalue weighted by Crippen LogP contribution is 2.27. The maximum atomic E-state index is 11.9. The summed E-state index contributed by atoms with van der Waals surface area (Å²) in [6, 6.07) is 10.0. The molecule has 0 aliphatic carbocycles. The van der Waals surface area contributed by atoms with Gasteiger partial charge < -0.3 is 4.90 Å². The van der Waals surface area contributed by atoms with Crippen molar-refractivity contribution in [2.45, 2.75) is 25.8 Å². The first kappa shape index (κ1) is 17.3. The lowest BCUT2D eigenvalue weighted by atomic mass is 10.1. The number of rotatable bonds is 5. The lowest BCUT2D eigenvalue weighted by Crippen LogP contribution is -2.47. The first-order valence-electron chi connectivity index (χ1n) is 8.10. The molecule has 0 bridgehead atoms. The van der Waals surface area contributed by atoms with Gasteiger partial charge in [-0.3, -0.25) is 0 Å². The number of hydrogen-bond donors (Lipinski definition) is 0. The van der Waals surface area contributed by atoms with Crippen LogP contribution >= 0.6 is 11.5 Å². The van der Waals surface area contributed by atoms with Crippen LogP contribution in [0.3, 0.4) is 0 Å². The van der Waals surface area contributed by atoms with E-state index < -0.39 is 10.0 Å². The molecule has 1 fully saturated rings. The Morgan fingerprint density at radius 2 is 1.92 bits per heavy atom. The maximum absolute atomic E-state index is 11.9. The van der Waals surface area contributed by atoms with Gasteiger partial charge in [0, 0.05) is 42.8 Å². The first-order valence-corrected chi connectivity index (χ1v) is 10.7. The monoisotopic (exact) mass is 366 g/mol. The highest BCUT2D eigenvalue weighted by atomic mass is 32.2. The molecule has 24 heavy (non-hydrogen) atoms. The van der Waals surface area contributed by atoms with E-state index in [2.05, 4.69) is 14.3 Å². The number of hydrogen-bond acceptors (Lipinski definition) is 6. The molecule has 1 aromatic heterocycles. The summed E-state index contributed by atoms with van der Waals surface area (Å²) in [4.78, 5) is 6.85. The minimum absolute atomic E-state index is 0.0859. The molecule has 1 aliphatic heterocycles. The largest absolute Gasteiger partial charge is 0.347 e. The fourth-order valence-corrected chi connectivity index (χ4v) is 5.12. The molecule has 6 nitrogen and oxygen atoms in total. The van der Waals surface area contributed by atoms with Gasteiger partial charge >= 0.3 is 0 Å². The third-order valence-electron chi connectivity index (χ3n) is 4.33. The van der Waals surface area contributed by atoms with E-state index in [1.54, 1.807) is 4.31 Å². The summed E-state index contributed by atoms with van der Waals surface area (Å²) in [6.45, 7) is 4.03. The van der Waals surface area contributed by atoms with Gasteiger partial charge in [-0.1, -0.05) is 37.3 Å². The molecule has 0 atom stereocenters. The molecule has 0 unspecified atom stereocenters. The number of sulfonamides is 1. The second-order valence-electron chi connectivity index (χ2n) is 5.95. The van der Waals surface area contributed by atoms with Gasteiger partial charge in [-0.15, -0.1) is 0 Å². The topological polar surface area (TPSA) is 66.4 Å². The molecule has 1 saturated heterocycles.